The summed E-state index contributed by atoms with van der Waals surface area (Å²) < 4.78 is 0. The van der Waals surface area contributed by atoms with E-state index in [0.717, 1.165) is 19.0 Å². The Morgan fingerprint density at radius 2 is 2.10 bits per heavy atom. The van der Waals surface area contributed by atoms with Crippen LogP contribution in [0.5, 0.6) is 0 Å². The van der Waals surface area contributed by atoms with Gasteiger partial charge in [0.25, 0.3) is 0 Å². The molecular weight excluding hydrogens is 278 g/mol. The van der Waals surface area contributed by atoms with Crippen molar-refractivity contribution >= 4 is 16.5 Å². The fraction of sp³-hybridized carbons (Fsp3) is 0.824. The summed E-state index contributed by atoms with van der Waals surface area (Å²) >= 11 is 1.95. The van der Waals surface area contributed by atoms with E-state index in [2.05, 4.69) is 24.1 Å². The Bertz CT molecular complexity index is 453. The Morgan fingerprint density at radius 1 is 1.24 bits per heavy atom. The van der Waals surface area contributed by atoms with E-state index in [9.17, 15) is 0 Å². The first-order valence-electron chi connectivity index (χ1n) is 8.80. The molecule has 1 N–H and O–H groups in total. The molecule has 0 bridgehead atoms. The molecule has 1 aliphatic heterocycles. The molecule has 0 spiro atoms. The Balaban J connectivity index is 1.75. The molecule has 1 saturated heterocycles. The van der Waals surface area contributed by atoms with Crippen molar-refractivity contribution in [2.45, 2.75) is 83.8 Å². The highest BCUT2D eigenvalue weighted by molar-refractivity contribution is 7.15. The fourth-order valence-corrected chi connectivity index (χ4v) is 4.42. The van der Waals surface area contributed by atoms with E-state index in [1.807, 2.05) is 11.3 Å². The van der Waals surface area contributed by atoms with Gasteiger partial charge in [0.05, 0.1) is 5.69 Å². The van der Waals surface area contributed by atoms with Crippen molar-refractivity contribution in [3.8, 4) is 0 Å². The number of anilines is 1. The van der Waals surface area contributed by atoms with E-state index in [0.29, 0.717) is 6.04 Å². The molecule has 21 heavy (non-hydrogen) atoms. The maximum atomic E-state index is 5.02. The number of aryl methyl sites for hydroxylation is 1. The number of hydrogen-bond acceptors (Lipinski definition) is 4. The minimum absolute atomic E-state index is 0.712. The zero-order valence-corrected chi connectivity index (χ0v) is 14.3. The summed E-state index contributed by atoms with van der Waals surface area (Å²) in [6.45, 7) is 6.81. The first-order chi connectivity index (χ1) is 10.3. The van der Waals surface area contributed by atoms with Crippen LogP contribution in [0.15, 0.2) is 0 Å². The second kappa shape index (κ2) is 7.10. The summed E-state index contributed by atoms with van der Waals surface area (Å²) in [6.07, 6.45) is 10.3. The van der Waals surface area contributed by atoms with Gasteiger partial charge < -0.3 is 10.2 Å². The third-order valence-electron chi connectivity index (χ3n) is 4.73. The highest BCUT2D eigenvalue weighted by Gasteiger charge is 2.26. The van der Waals surface area contributed by atoms with Crippen molar-refractivity contribution in [1.82, 2.24) is 10.3 Å². The lowest BCUT2D eigenvalue weighted by atomic mass is 10.0. The molecule has 2 aliphatic rings. The van der Waals surface area contributed by atoms with E-state index >= 15 is 0 Å². The molecule has 1 aromatic heterocycles. The largest absolute Gasteiger partial charge is 0.345 e. The Hall–Kier alpha value is -0.610. The smallest absolute Gasteiger partial charge is 0.186 e. The quantitative estimate of drug-likeness (QED) is 0.821. The van der Waals surface area contributed by atoms with Gasteiger partial charge in [0.2, 0.25) is 0 Å². The van der Waals surface area contributed by atoms with Gasteiger partial charge in [0.1, 0.15) is 0 Å². The van der Waals surface area contributed by atoms with Gasteiger partial charge in [-0.15, -0.1) is 11.3 Å². The average molecular weight is 308 g/mol. The maximum absolute atomic E-state index is 5.02. The van der Waals surface area contributed by atoms with Crippen molar-refractivity contribution in [3.05, 3.63) is 10.6 Å². The summed E-state index contributed by atoms with van der Waals surface area (Å²) in [4.78, 5) is 9.10. The third kappa shape index (κ3) is 3.78. The highest BCUT2D eigenvalue weighted by atomic mass is 32.1. The van der Waals surface area contributed by atoms with Crippen molar-refractivity contribution in [1.29, 1.82) is 0 Å². The molecule has 118 valence electrons. The van der Waals surface area contributed by atoms with Crippen molar-refractivity contribution < 1.29 is 0 Å². The highest BCUT2D eigenvalue weighted by Crippen LogP contribution is 2.33. The van der Waals surface area contributed by atoms with E-state index in [1.165, 1.54) is 67.2 Å². The molecule has 1 aliphatic carbocycles. The molecule has 4 heteroatoms. The molecule has 2 heterocycles. The Morgan fingerprint density at radius 3 is 2.81 bits per heavy atom. The van der Waals surface area contributed by atoms with Crippen LogP contribution >= 0.6 is 11.3 Å². The number of nitrogens with one attached hydrogen (secondary N) is 1. The minimum Gasteiger partial charge on any atom is -0.345 e. The van der Waals surface area contributed by atoms with Crippen LogP contribution < -0.4 is 10.2 Å². The van der Waals surface area contributed by atoms with Crippen LogP contribution in [-0.2, 0) is 13.0 Å². The second-order valence-corrected chi connectivity index (χ2v) is 7.58. The van der Waals surface area contributed by atoms with Gasteiger partial charge >= 0.3 is 0 Å². The third-order valence-corrected chi connectivity index (χ3v) is 5.86. The zero-order chi connectivity index (χ0) is 14.7. The molecule has 1 atom stereocenters. The number of thiazole rings is 1. The molecule has 1 aromatic rings. The first kappa shape index (κ1) is 15.3. The summed E-state index contributed by atoms with van der Waals surface area (Å²) in [6, 6.07) is 1.49. The molecule has 0 radical (unpaired) electrons. The lowest BCUT2D eigenvalue weighted by molar-refractivity contribution is 0.449. The topological polar surface area (TPSA) is 28.2 Å². The maximum Gasteiger partial charge on any atom is 0.186 e. The molecule has 0 amide bonds. The van der Waals surface area contributed by atoms with Gasteiger partial charge in [0, 0.05) is 30.1 Å². The van der Waals surface area contributed by atoms with Crippen molar-refractivity contribution in [3.63, 3.8) is 0 Å². The zero-order valence-electron chi connectivity index (χ0n) is 13.5. The van der Waals surface area contributed by atoms with Crippen LogP contribution in [0, 0.1) is 0 Å². The summed E-state index contributed by atoms with van der Waals surface area (Å²) in [5.41, 5.74) is 1.35. The molecule has 3 nitrogen and oxygen atoms in total. The second-order valence-electron chi connectivity index (χ2n) is 6.52. The van der Waals surface area contributed by atoms with Crippen molar-refractivity contribution in [2.75, 3.05) is 11.4 Å². The molecular formula is C17H29N3S. The van der Waals surface area contributed by atoms with Gasteiger partial charge in [-0.3, -0.25) is 0 Å². The normalized spacial score (nSPS) is 22.8. The average Bonchev–Trinajstić information content (AvgIpc) is 3.26. The molecule has 1 unspecified atom stereocenters. The van der Waals surface area contributed by atoms with Crippen LogP contribution in [0.1, 0.15) is 69.4 Å². The van der Waals surface area contributed by atoms with Crippen molar-refractivity contribution in [2.24, 2.45) is 0 Å². The predicted octanol–water partition coefficient (Wildman–Crippen LogP) is 4.12. The first-order valence-corrected chi connectivity index (χ1v) is 9.62. The molecule has 3 rings (SSSR count). The van der Waals surface area contributed by atoms with Gasteiger partial charge in [-0.05, 0) is 44.9 Å². The van der Waals surface area contributed by atoms with Crippen LogP contribution in [0.3, 0.4) is 0 Å². The summed E-state index contributed by atoms with van der Waals surface area (Å²) in [5.74, 6) is 0. The monoisotopic (exact) mass is 307 g/mol. The molecule has 0 aromatic carbocycles. The Kier molecular flexibility index (Phi) is 5.17. The molecule has 1 saturated carbocycles. The molecule has 2 fully saturated rings. The van der Waals surface area contributed by atoms with Gasteiger partial charge in [-0.25, -0.2) is 4.98 Å². The number of aromatic nitrogens is 1. The van der Waals surface area contributed by atoms with Crippen LogP contribution in [0.4, 0.5) is 5.13 Å². The van der Waals surface area contributed by atoms with Gasteiger partial charge in [-0.1, -0.05) is 20.3 Å². The summed E-state index contributed by atoms with van der Waals surface area (Å²) in [5, 5.41) is 4.95. The van der Waals surface area contributed by atoms with E-state index in [1.54, 1.807) is 0 Å². The van der Waals surface area contributed by atoms with E-state index in [4.69, 9.17) is 4.98 Å². The standard InChI is InChI=1S/C17H29N3S/c1-3-7-15-16(12-18-13-9-10-13)21-17(19-15)20-11-6-5-8-14(20)4-2/h13-14,18H,3-12H2,1-2H3. The lowest BCUT2D eigenvalue weighted by Crippen LogP contribution is -2.39. The Labute approximate surface area is 133 Å². The number of nitrogens with zero attached hydrogens (tertiary/aromatic N) is 2. The van der Waals surface area contributed by atoms with E-state index in [-0.39, 0.29) is 0 Å². The van der Waals surface area contributed by atoms with Gasteiger partial charge in [-0.2, -0.15) is 0 Å². The summed E-state index contributed by atoms with van der Waals surface area (Å²) in [7, 11) is 0. The number of piperidine rings is 1. The minimum atomic E-state index is 0.712. The van der Waals surface area contributed by atoms with Crippen LogP contribution in [0.25, 0.3) is 0 Å². The van der Waals surface area contributed by atoms with Gasteiger partial charge in [0.15, 0.2) is 5.13 Å². The lowest BCUT2D eigenvalue weighted by Gasteiger charge is -2.35. The fourth-order valence-electron chi connectivity index (χ4n) is 3.26. The van der Waals surface area contributed by atoms with Crippen LogP contribution in [0.2, 0.25) is 0 Å². The number of hydrogen-bond donors (Lipinski definition) is 1. The van der Waals surface area contributed by atoms with E-state index < -0.39 is 0 Å². The van der Waals surface area contributed by atoms with Crippen LogP contribution in [-0.4, -0.2) is 23.6 Å². The number of rotatable bonds is 7. The SMILES string of the molecule is CCCc1nc(N2CCCCC2CC)sc1CNC1CC1. The predicted molar refractivity (Wildman–Crippen MR) is 91.2 cm³/mol.